The van der Waals surface area contributed by atoms with Crippen molar-refractivity contribution in [3.63, 3.8) is 0 Å². The first-order chi connectivity index (χ1) is 10.5. The molecular formula is C18H24N2OS. The van der Waals surface area contributed by atoms with Crippen molar-refractivity contribution in [2.45, 2.75) is 39.9 Å². The Morgan fingerprint density at radius 3 is 2.45 bits per heavy atom. The van der Waals surface area contributed by atoms with Crippen LogP contribution in [0.4, 0.5) is 0 Å². The highest BCUT2D eigenvalue weighted by atomic mass is 32.1. The lowest BCUT2D eigenvalue weighted by molar-refractivity contribution is 0.0955. The highest BCUT2D eigenvalue weighted by Gasteiger charge is 2.11. The average molecular weight is 316 g/mol. The quantitative estimate of drug-likeness (QED) is 0.878. The number of nitrogens with one attached hydrogen (secondary N) is 1. The summed E-state index contributed by atoms with van der Waals surface area (Å²) in [7, 11) is 2.12. The van der Waals surface area contributed by atoms with Crippen molar-refractivity contribution in [1.82, 2.24) is 10.2 Å². The number of carbonyl (C=O) groups is 1. The molecule has 0 aliphatic rings. The maximum atomic E-state index is 12.2. The Kier molecular flexibility index (Phi) is 5.75. The largest absolute Gasteiger partial charge is 0.347 e. The molecule has 1 amide bonds. The van der Waals surface area contributed by atoms with Crippen LogP contribution >= 0.6 is 11.3 Å². The maximum Gasteiger partial charge on any atom is 0.261 e. The second-order valence-electron chi connectivity index (χ2n) is 5.87. The Hall–Kier alpha value is -1.65. The van der Waals surface area contributed by atoms with Gasteiger partial charge < -0.3 is 5.32 Å². The number of thiophene rings is 1. The number of carbonyl (C=O) groups excluding carboxylic acids is 1. The molecule has 1 N–H and O–H groups in total. The average Bonchev–Trinajstić information content (AvgIpc) is 2.92. The zero-order chi connectivity index (χ0) is 16.1. The smallest absolute Gasteiger partial charge is 0.261 e. The second kappa shape index (κ2) is 7.56. The Labute approximate surface area is 137 Å². The van der Waals surface area contributed by atoms with Crippen LogP contribution in [-0.2, 0) is 13.1 Å². The van der Waals surface area contributed by atoms with Crippen molar-refractivity contribution in [2.75, 3.05) is 7.05 Å². The molecule has 2 aromatic rings. The Morgan fingerprint density at radius 2 is 1.86 bits per heavy atom. The SMILES string of the molecule is Cc1ccc(C(=O)NCc2ccccc2CN(C)C(C)C)s1. The van der Waals surface area contributed by atoms with Crippen LogP contribution in [0, 0.1) is 6.92 Å². The first-order valence-electron chi connectivity index (χ1n) is 7.59. The van der Waals surface area contributed by atoms with Gasteiger partial charge in [0, 0.05) is 24.0 Å². The molecule has 0 saturated heterocycles. The number of aryl methyl sites for hydroxylation is 1. The molecule has 118 valence electrons. The fourth-order valence-electron chi connectivity index (χ4n) is 2.15. The topological polar surface area (TPSA) is 32.3 Å². The summed E-state index contributed by atoms with van der Waals surface area (Å²) in [6.07, 6.45) is 0. The highest BCUT2D eigenvalue weighted by Crippen LogP contribution is 2.16. The Balaban J connectivity index is 2.02. The number of benzene rings is 1. The molecule has 0 unspecified atom stereocenters. The standard InChI is InChI=1S/C18H24N2OS/c1-13(2)20(4)12-16-8-6-5-7-15(16)11-19-18(21)17-10-9-14(3)22-17/h5-10,13H,11-12H2,1-4H3,(H,19,21). The van der Waals surface area contributed by atoms with Crippen molar-refractivity contribution in [2.24, 2.45) is 0 Å². The minimum absolute atomic E-state index is 0.00474. The molecule has 0 bridgehead atoms. The number of amides is 1. The molecule has 0 fully saturated rings. The van der Waals surface area contributed by atoms with E-state index in [1.165, 1.54) is 22.5 Å². The van der Waals surface area contributed by atoms with Crippen LogP contribution in [0.5, 0.6) is 0 Å². The van der Waals surface area contributed by atoms with Crippen LogP contribution in [0.2, 0.25) is 0 Å². The van der Waals surface area contributed by atoms with E-state index in [1.54, 1.807) is 0 Å². The molecule has 0 saturated carbocycles. The Morgan fingerprint density at radius 1 is 1.18 bits per heavy atom. The fourth-order valence-corrected chi connectivity index (χ4v) is 2.94. The van der Waals surface area contributed by atoms with E-state index in [-0.39, 0.29) is 5.91 Å². The van der Waals surface area contributed by atoms with Gasteiger partial charge in [-0.05, 0) is 51.1 Å². The molecule has 1 aromatic carbocycles. The number of hydrogen-bond acceptors (Lipinski definition) is 3. The first kappa shape index (κ1) is 16.7. The van der Waals surface area contributed by atoms with Crippen LogP contribution in [0.1, 0.15) is 39.5 Å². The van der Waals surface area contributed by atoms with Crippen LogP contribution in [0.3, 0.4) is 0 Å². The first-order valence-corrected chi connectivity index (χ1v) is 8.40. The second-order valence-corrected chi connectivity index (χ2v) is 7.16. The zero-order valence-corrected chi connectivity index (χ0v) is 14.5. The minimum atomic E-state index is 0.00474. The molecule has 1 aromatic heterocycles. The molecule has 22 heavy (non-hydrogen) atoms. The molecule has 0 radical (unpaired) electrons. The monoisotopic (exact) mass is 316 g/mol. The molecule has 0 spiro atoms. The van der Waals surface area contributed by atoms with Crippen LogP contribution in [0.25, 0.3) is 0 Å². The van der Waals surface area contributed by atoms with E-state index in [0.29, 0.717) is 12.6 Å². The van der Waals surface area contributed by atoms with Crippen LogP contribution < -0.4 is 5.32 Å². The van der Waals surface area contributed by atoms with Crippen molar-refractivity contribution in [1.29, 1.82) is 0 Å². The Bertz CT molecular complexity index is 634. The van der Waals surface area contributed by atoms with Gasteiger partial charge in [0.25, 0.3) is 5.91 Å². The molecule has 0 atom stereocenters. The number of nitrogens with zero attached hydrogens (tertiary/aromatic N) is 1. The zero-order valence-electron chi connectivity index (χ0n) is 13.7. The normalized spacial score (nSPS) is 11.2. The summed E-state index contributed by atoms with van der Waals surface area (Å²) in [6.45, 7) is 7.84. The maximum absolute atomic E-state index is 12.2. The summed E-state index contributed by atoms with van der Waals surface area (Å²) in [4.78, 5) is 16.4. The van der Waals surface area contributed by atoms with Gasteiger partial charge in [0.1, 0.15) is 0 Å². The van der Waals surface area contributed by atoms with Crippen molar-refractivity contribution >= 4 is 17.2 Å². The van der Waals surface area contributed by atoms with E-state index < -0.39 is 0 Å². The van der Waals surface area contributed by atoms with E-state index in [4.69, 9.17) is 0 Å². The third kappa shape index (κ3) is 4.42. The minimum Gasteiger partial charge on any atom is -0.347 e. The van der Waals surface area contributed by atoms with Gasteiger partial charge >= 0.3 is 0 Å². The van der Waals surface area contributed by atoms with E-state index >= 15 is 0 Å². The molecule has 3 nitrogen and oxygen atoms in total. The molecular weight excluding hydrogens is 292 g/mol. The summed E-state index contributed by atoms with van der Waals surface area (Å²) in [5.41, 5.74) is 2.44. The molecule has 2 rings (SSSR count). The van der Waals surface area contributed by atoms with Gasteiger partial charge in [0.05, 0.1) is 4.88 Å². The van der Waals surface area contributed by atoms with Gasteiger partial charge in [-0.25, -0.2) is 0 Å². The van der Waals surface area contributed by atoms with E-state index in [1.807, 2.05) is 25.1 Å². The summed E-state index contributed by atoms with van der Waals surface area (Å²) < 4.78 is 0. The fraction of sp³-hybridized carbons (Fsp3) is 0.389. The van der Waals surface area contributed by atoms with Gasteiger partial charge in [0.2, 0.25) is 0 Å². The highest BCUT2D eigenvalue weighted by molar-refractivity contribution is 7.13. The molecule has 4 heteroatoms. The number of hydrogen-bond donors (Lipinski definition) is 1. The lowest BCUT2D eigenvalue weighted by Gasteiger charge is -2.22. The number of rotatable bonds is 6. The van der Waals surface area contributed by atoms with Crippen molar-refractivity contribution < 1.29 is 4.79 Å². The van der Waals surface area contributed by atoms with Crippen molar-refractivity contribution in [3.05, 3.63) is 57.3 Å². The van der Waals surface area contributed by atoms with Crippen LogP contribution in [-0.4, -0.2) is 23.9 Å². The van der Waals surface area contributed by atoms with Gasteiger partial charge in [-0.1, -0.05) is 24.3 Å². The van der Waals surface area contributed by atoms with Gasteiger partial charge in [-0.2, -0.15) is 0 Å². The molecule has 1 heterocycles. The summed E-state index contributed by atoms with van der Waals surface area (Å²) in [5.74, 6) is 0.00474. The third-order valence-corrected chi connectivity index (χ3v) is 4.82. The lowest BCUT2D eigenvalue weighted by Crippen LogP contribution is -2.27. The van der Waals surface area contributed by atoms with E-state index in [9.17, 15) is 4.79 Å². The predicted molar refractivity (Wildman–Crippen MR) is 93.3 cm³/mol. The van der Waals surface area contributed by atoms with E-state index in [2.05, 4.69) is 49.3 Å². The van der Waals surface area contributed by atoms with Gasteiger partial charge in [0.15, 0.2) is 0 Å². The lowest BCUT2D eigenvalue weighted by atomic mass is 10.1. The summed E-state index contributed by atoms with van der Waals surface area (Å²) >= 11 is 1.53. The van der Waals surface area contributed by atoms with E-state index in [0.717, 1.165) is 16.3 Å². The third-order valence-electron chi connectivity index (χ3n) is 3.82. The summed E-state index contributed by atoms with van der Waals surface area (Å²) in [5, 5.41) is 3.02. The van der Waals surface area contributed by atoms with Gasteiger partial charge in [-0.15, -0.1) is 11.3 Å². The van der Waals surface area contributed by atoms with Crippen LogP contribution in [0.15, 0.2) is 36.4 Å². The molecule has 0 aliphatic carbocycles. The van der Waals surface area contributed by atoms with Gasteiger partial charge in [-0.3, -0.25) is 9.69 Å². The molecule has 0 aliphatic heterocycles. The summed E-state index contributed by atoms with van der Waals surface area (Å²) in [6, 6.07) is 12.7. The predicted octanol–water partition coefficient (Wildman–Crippen LogP) is 3.83. The van der Waals surface area contributed by atoms with Crippen molar-refractivity contribution in [3.8, 4) is 0 Å².